The normalized spacial score (nSPS) is 14.2. The molecule has 0 unspecified atom stereocenters. The third-order valence-electron chi connectivity index (χ3n) is 2.97. The molecular weight excluding hydrogens is 238 g/mol. The molecule has 1 heterocycles. The van der Waals surface area contributed by atoms with Gasteiger partial charge in [0.2, 0.25) is 0 Å². The minimum atomic E-state index is 0.433. The second-order valence-corrected chi connectivity index (χ2v) is 4.66. The average molecular weight is 255 g/mol. The SMILES string of the molecule is CCNc1cncc(-c2ccc(OC3CC3)cc2)n1. The fourth-order valence-electron chi connectivity index (χ4n) is 1.85. The van der Waals surface area contributed by atoms with Crippen molar-refractivity contribution < 1.29 is 4.74 Å². The zero-order valence-electron chi connectivity index (χ0n) is 11.0. The van der Waals surface area contributed by atoms with E-state index in [1.54, 1.807) is 12.4 Å². The van der Waals surface area contributed by atoms with Crippen LogP contribution in [0.2, 0.25) is 0 Å². The predicted octanol–water partition coefficient (Wildman–Crippen LogP) is 3.12. The molecule has 0 atom stereocenters. The van der Waals surface area contributed by atoms with Gasteiger partial charge in [-0.3, -0.25) is 4.98 Å². The van der Waals surface area contributed by atoms with E-state index in [0.717, 1.165) is 29.4 Å². The van der Waals surface area contributed by atoms with Gasteiger partial charge in [0, 0.05) is 12.1 Å². The van der Waals surface area contributed by atoms with Crippen LogP contribution in [-0.4, -0.2) is 22.6 Å². The minimum Gasteiger partial charge on any atom is -0.490 e. The van der Waals surface area contributed by atoms with Crippen molar-refractivity contribution in [3.63, 3.8) is 0 Å². The van der Waals surface area contributed by atoms with Gasteiger partial charge in [-0.1, -0.05) is 0 Å². The van der Waals surface area contributed by atoms with Crippen LogP contribution in [0.25, 0.3) is 11.3 Å². The van der Waals surface area contributed by atoms with Crippen molar-refractivity contribution in [2.24, 2.45) is 0 Å². The third kappa shape index (κ3) is 3.02. The zero-order chi connectivity index (χ0) is 13.1. The number of hydrogen-bond acceptors (Lipinski definition) is 4. The molecule has 98 valence electrons. The highest BCUT2D eigenvalue weighted by Gasteiger charge is 2.23. The van der Waals surface area contributed by atoms with E-state index >= 15 is 0 Å². The molecule has 4 heteroatoms. The molecule has 1 aliphatic carbocycles. The van der Waals surface area contributed by atoms with Crippen LogP contribution >= 0.6 is 0 Å². The van der Waals surface area contributed by atoms with Crippen LogP contribution < -0.4 is 10.1 Å². The van der Waals surface area contributed by atoms with Crippen molar-refractivity contribution in [3.05, 3.63) is 36.7 Å². The molecule has 1 N–H and O–H groups in total. The van der Waals surface area contributed by atoms with Crippen LogP contribution in [0.1, 0.15) is 19.8 Å². The number of rotatable bonds is 5. The standard InChI is InChI=1S/C15H17N3O/c1-2-17-15-10-16-9-14(18-15)11-3-5-12(6-4-11)19-13-7-8-13/h3-6,9-10,13H,2,7-8H2,1H3,(H,17,18). The highest BCUT2D eigenvalue weighted by Crippen LogP contribution is 2.28. The van der Waals surface area contributed by atoms with E-state index in [1.807, 2.05) is 31.2 Å². The zero-order valence-corrected chi connectivity index (χ0v) is 11.0. The molecule has 2 aromatic rings. The predicted molar refractivity (Wildman–Crippen MR) is 75.3 cm³/mol. The molecule has 1 aliphatic rings. The summed E-state index contributed by atoms with van der Waals surface area (Å²) >= 11 is 0. The Morgan fingerprint density at radius 2 is 2.00 bits per heavy atom. The smallest absolute Gasteiger partial charge is 0.145 e. The van der Waals surface area contributed by atoms with Crippen molar-refractivity contribution in [3.8, 4) is 17.0 Å². The van der Waals surface area contributed by atoms with Crippen LogP contribution in [0.5, 0.6) is 5.75 Å². The fourth-order valence-corrected chi connectivity index (χ4v) is 1.85. The van der Waals surface area contributed by atoms with E-state index in [2.05, 4.69) is 15.3 Å². The summed E-state index contributed by atoms with van der Waals surface area (Å²) in [5.41, 5.74) is 1.92. The van der Waals surface area contributed by atoms with Crippen LogP contribution in [-0.2, 0) is 0 Å². The van der Waals surface area contributed by atoms with Crippen LogP contribution in [0.15, 0.2) is 36.7 Å². The van der Waals surface area contributed by atoms with Gasteiger partial charge < -0.3 is 10.1 Å². The first-order valence-corrected chi connectivity index (χ1v) is 6.68. The number of ether oxygens (including phenoxy) is 1. The molecule has 0 spiro atoms. The molecule has 1 aromatic heterocycles. The molecule has 0 saturated heterocycles. The summed E-state index contributed by atoms with van der Waals surface area (Å²) in [7, 11) is 0. The van der Waals surface area contributed by atoms with Crippen molar-refractivity contribution in [2.45, 2.75) is 25.9 Å². The molecule has 0 radical (unpaired) electrons. The van der Waals surface area contributed by atoms with Gasteiger partial charge in [0.1, 0.15) is 11.6 Å². The molecule has 4 nitrogen and oxygen atoms in total. The number of benzene rings is 1. The van der Waals surface area contributed by atoms with Gasteiger partial charge in [-0.25, -0.2) is 4.98 Å². The van der Waals surface area contributed by atoms with Crippen molar-refractivity contribution in [2.75, 3.05) is 11.9 Å². The van der Waals surface area contributed by atoms with E-state index in [-0.39, 0.29) is 0 Å². The number of anilines is 1. The van der Waals surface area contributed by atoms with E-state index in [4.69, 9.17) is 4.74 Å². The third-order valence-corrected chi connectivity index (χ3v) is 2.97. The summed E-state index contributed by atoms with van der Waals surface area (Å²) < 4.78 is 5.73. The maximum Gasteiger partial charge on any atom is 0.145 e. The molecule has 19 heavy (non-hydrogen) atoms. The maximum atomic E-state index is 5.73. The molecule has 3 rings (SSSR count). The Bertz CT molecular complexity index is 550. The monoisotopic (exact) mass is 255 g/mol. The van der Waals surface area contributed by atoms with E-state index < -0.39 is 0 Å². The van der Waals surface area contributed by atoms with E-state index in [0.29, 0.717) is 6.10 Å². The topological polar surface area (TPSA) is 47.0 Å². The Morgan fingerprint density at radius 3 is 2.68 bits per heavy atom. The highest BCUT2D eigenvalue weighted by molar-refractivity contribution is 5.60. The number of aromatic nitrogens is 2. The Morgan fingerprint density at radius 1 is 1.21 bits per heavy atom. The summed E-state index contributed by atoms with van der Waals surface area (Å²) in [6.07, 6.45) is 6.30. The Balaban J connectivity index is 1.78. The van der Waals surface area contributed by atoms with Crippen molar-refractivity contribution in [1.82, 2.24) is 9.97 Å². The minimum absolute atomic E-state index is 0.433. The summed E-state index contributed by atoms with van der Waals surface area (Å²) in [6, 6.07) is 8.04. The lowest BCUT2D eigenvalue weighted by molar-refractivity contribution is 0.303. The van der Waals surface area contributed by atoms with Gasteiger partial charge in [-0.05, 0) is 44.0 Å². The molecule has 0 bridgehead atoms. The average Bonchev–Trinajstić information content (AvgIpc) is 3.24. The lowest BCUT2D eigenvalue weighted by Gasteiger charge is -2.07. The second-order valence-electron chi connectivity index (χ2n) is 4.66. The lowest BCUT2D eigenvalue weighted by atomic mass is 10.1. The van der Waals surface area contributed by atoms with Crippen LogP contribution in [0, 0.1) is 0 Å². The van der Waals surface area contributed by atoms with E-state index in [9.17, 15) is 0 Å². The lowest BCUT2D eigenvalue weighted by Crippen LogP contribution is -2.00. The quantitative estimate of drug-likeness (QED) is 0.891. The Labute approximate surface area is 112 Å². The first kappa shape index (κ1) is 12.0. The Kier molecular flexibility index (Phi) is 3.31. The van der Waals surface area contributed by atoms with Gasteiger partial charge in [-0.2, -0.15) is 0 Å². The Hall–Kier alpha value is -2.10. The first-order chi connectivity index (χ1) is 9.35. The summed E-state index contributed by atoms with van der Waals surface area (Å²) in [5.74, 6) is 1.74. The van der Waals surface area contributed by atoms with Crippen molar-refractivity contribution in [1.29, 1.82) is 0 Å². The second kappa shape index (κ2) is 5.26. The fraction of sp³-hybridized carbons (Fsp3) is 0.333. The summed E-state index contributed by atoms with van der Waals surface area (Å²) in [5, 5.41) is 3.17. The molecule has 1 saturated carbocycles. The van der Waals surface area contributed by atoms with Crippen LogP contribution in [0.3, 0.4) is 0 Å². The van der Waals surface area contributed by atoms with Crippen molar-refractivity contribution >= 4 is 5.82 Å². The summed E-state index contributed by atoms with van der Waals surface area (Å²) in [4.78, 5) is 8.73. The molecular formula is C15H17N3O. The van der Waals surface area contributed by atoms with E-state index in [1.165, 1.54) is 12.8 Å². The highest BCUT2D eigenvalue weighted by atomic mass is 16.5. The molecule has 0 amide bonds. The van der Waals surface area contributed by atoms with Crippen LogP contribution in [0.4, 0.5) is 5.82 Å². The summed E-state index contributed by atoms with van der Waals surface area (Å²) in [6.45, 7) is 2.88. The van der Waals surface area contributed by atoms with Gasteiger partial charge in [0.05, 0.1) is 24.2 Å². The molecule has 0 aliphatic heterocycles. The molecule has 1 fully saturated rings. The number of nitrogens with one attached hydrogen (secondary N) is 1. The van der Waals surface area contributed by atoms with Gasteiger partial charge in [-0.15, -0.1) is 0 Å². The largest absolute Gasteiger partial charge is 0.490 e. The van der Waals surface area contributed by atoms with Gasteiger partial charge >= 0.3 is 0 Å². The maximum absolute atomic E-state index is 5.73. The molecule has 1 aromatic carbocycles. The number of hydrogen-bond donors (Lipinski definition) is 1. The first-order valence-electron chi connectivity index (χ1n) is 6.68. The number of nitrogens with zero attached hydrogens (tertiary/aromatic N) is 2. The van der Waals surface area contributed by atoms with Gasteiger partial charge in [0.15, 0.2) is 0 Å². The van der Waals surface area contributed by atoms with Gasteiger partial charge in [0.25, 0.3) is 0 Å².